The van der Waals surface area contributed by atoms with Crippen molar-refractivity contribution in [3.63, 3.8) is 0 Å². The number of nitrogens with two attached hydrogens (primary N) is 1. The molecule has 1 aromatic carbocycles. The van der Waals surface area contributed by atoms with Gasteiger partial charge >= 0.3 is 0 Å². The molecule has 2 aromatic rings. The Bertz CT molecular complexity index is 558. The lowest BCUT2D eigenvalue weighted by Gasteiger charge is -2.12. The molecule has 19 heavy (non-hydrogen) atoms. The predicted octanol–water partition coefficient (Wildman–Crippen LogP) is 3.12. The van der Waals surface area contributed by atoms with Gasteiger partial charge in [-0.25, -0.2) is 0 Å². The zero-order valence-corrected chi connectivity index (χ0v) is 11.7. The number of nitrogens with zero attached hydrogens (tertiary/aromatic N) is 1. The Morgan fingerprint density at radius 2 is 2.11 bits per heavy atom. The second-order valence-corrected chi connectivity index (χ2v) is 4.81. The third-order valence-corrected chi connectivity index (χ3v) is 3.21. The van der Waals surface area contributed by atoms with Crippen molar-refractivity contribution in [1.82, 2.24) is 4.98 Å². The molecule has 0 bridgehead atoms. The second-order valence-electron chi connectivity index (χ2n) is 4.41. The Labute approximate surface area is 118 Å². The van der Waals surface area contributed by atoms with Gasteiger partial charge in [-0.05, 0) is 37.6 Å². The number of aryl methyl sites for hydroxylation is 1. The van der Waals surface area contributed by atoms with Crippen LogP contribution in [-0.2, 0) is 13.0 Å². The Balaban J connectivity index is 2.13. The lowest BCUT2D eigenvalue weighted by molar-refractivity contribution is 0.303. The molecule has 0 unspecified atom stereocenters. The van der Waals surface area contributed by atoms with E-state index < -0.39 is 0 Å². The number of halogens is 1. The van der Waals surface area contributed by atoms with E-state index >= 15 is 0 Å². The van der Waals surface area contributed by atoms with E-state index in [2.05, 4.69) is 18.0 Å². The van der Waals surface area contributed by atoms with Gasteiger partial charge in [-0.3, -0.25) is 4.98 Å². The maximum Gasteiger partial charge on any atom is 0.123 e. The fourth-order valence-electron chi connectivity index (χ4n) is 1.88. The van der Waals surface area contributed by atoms with Gasteiger partial charge in [0.15, 0.2) is 0 Å². The summed E-state index contributed by atoms with van der Waals surface area (Å²) in [5, 5.41) is 0.620. The zero-order chi connectivity index (χ0) is 13.7. The minimum atomic E-state index is 0.433. The van der Waals surface area contributed by atoms with Gasteiger partial charge in [-0.2, -0.15) is 0 Å². The quantitative estimate of drug-likeness (QED) is 0.913. The molecule has 0 aliphatic rings. The van der Waals surface area contributed by atoms with E-state index in [1.54, 1.807) is 12.4 Å². The van der Waals surface area contributed by atoms with Gasteiger partial charge < -0.3 is 10.5 Å². The first kappa shape index (κ1) is 13.8. The number of benzene rings is 1. The van der Waals surface area contributed by atoms with E-state index in [1.807, 2.05) is 18.2 Å². The van der Waals surface area contributed by atoms with Crippen molar-refractivity contribution in [2.24, 2.45) is 5.73 Å². The molecule has 1 aromatic heterocycles. The Hall–Kier alpha value is -1.58. The summed E-state index contributed by atoms with van der Waals surface area (Å²) in [6.07, 6.45) is 4.14. The molecule has 100 valence electrons. The summed E-state index contributed by atoms with van der Waals surface area (Å²) < 4.78 is 5.84. The van der Waals surface area contributed by atoms with Crippen molar-refractivity contribution < 1.29 is 4.74 Å². The van der Waals surface area contributed by atoms with E-state index in [9.17, 15) is 0 Å². The molecule has 0 aliphatic carbocycles. The summed E-state index contributed by atoms with van der Waals surface area (Å²) in [4.78, 5) is 3.95. The Kier molecular flexibility index (Phi) is 4.77. The van der Waals surface area contributed by atoms with Crippen molar-refractivity contribution in [1.29, 1.82) is 0 Å². The number of rotatable bonds is 5. The van der Waals surface area contributed by atoms with Gasteiger partial charge in [0.1, 0.15) is 12.4 Å². The molecule has 0 spiro atoms. The highest BCUT2D eigenvalue weighted by atomic mass is 35.5. The molecule has 0 atom stereocenters. The topological polar surface area (TPSA) is 48.1 Å². The first-order chi connectivity index (χ1) is 9.20. The average molecular weight is 277 g/mol. The first-order valence-electron chi connectivity index (χ1n) is 6.21. The number of pyridine rings is 1. The molecular formula is C15H17ClN2O. The highest BCUT2D eigenvalue weighted by Gasteiger charge is 2.06. The van der Waals surface area contributed by atoms with Crippen LogP contribution in [0.25, 0.3) is 0 Å². The molecule has 0 saturated carbocycles. The zero-order valence-electron chi connectivity index (χ0n) is 10.9. The third-order valence-electron chi connectivity index (χ3n) is 2.87. The molecule has 0 saturated heterocycles. The largest absolute Gasteiger partial charge is 0.489 e. The highest BCUT2D eigenvalue weighted by Crippen LogP contribution is 2.23. The number of hydrogen-bond acceptors (Lipinski definition) is 3. The number of aromatic nitrogens is 1. The van der Waals surface area contributed by atoms with Crippen LogP contribution < -0.4 is 10.5 Å². The van der Waals surface area contributed by atoms with Crippen LogP contribution in [0.2, 0.25) is 5.02 Å². The molecule has 3 nitrogen and oxygen atoms in total. The maximum atomic E-state index is 6.05. The first-order valence-corrected chi connectivity index (χ1v) is 6.59. The van der Waals surface area contributed by atoms with Crippen LogP contribution in [0.5, 0.6) is 5.75 Å². The van der Waals surface area contributed by atoms with Crippen molar-refractivity contribution in [2.45, 2.75) is 20.0 Å². The average Bonchev–Trinajstić information content (AvgIpc) is 2.40. The van der Waals surface area contributed by atoms with Crippen LogP contribution in [0.15, 0.2) is 36.7 Å². The van der Waals surface area contributed by atoms with E-state index in [-0.39, 0.29) is 0 Å². The van der Waals surface area contributed by atoms with Crippen LogP contribution >= 0.6 is 11.6 Å². The van der Waals surface area contributed by atoms with Gasteiger partial charge in [0, 0.05) is 18.0 Å². The molecular weight excluding hydrogens is 260 g/mol. The van der Waals surface area contributed by atoms with Crippen molar-refractivity contribution >= 4 is 11.6 Å². The van der Waals surface area contributed by atoms with Crippen molar-refractivity contribution in [2.75, 3.05) is 6.54 Å². The van der Waals surface area contributed by atoms with Crippen LogP contribution in [0.3, 0.4) is 0 Å². The fourth-order valence-corrected chi connectivity index (χ4v) is 2.05. The van der Waals surface area contributed by atoms with E-state index in [0.717, 1.165) is 23.3 Å². The SMILES string of the molecule is Cc1ccc(OCc2ccncc2Cl)c(CCN)c1. The van der Waals surface area contributed by atoms with Crippen LogP contribution in [-0.4, -0.2) is 11.5 Å². The molecule has 1 heterocycles. The van der Waals surface area contributed by atoms with Gasteiger partial charge in [0.05, 0.1) is 5.02 Å². The lowest BCUT2D eigenvalue weighted by Crippen LogP contribution is -2.06. The lowest BCUT2D eigenvalue weighted by atomic mass is 10.1. The molecule has 0 fully saturated rings. The summed E-state index contributed by atoms with van der Waals surface area (Å²) in [7, 11) is 0. The smallest absolute Gasteiger partial charge is 0.123 e. The van der Waals surface area contributed by atoms with Crippen molar-refractivity contribution in [3.8, 4) is 5.75 Å². The van der Waals surface area contributed by atoms with E-state index in [0.29, 0.717) is 18.2 Å². The monoisotopic (exact) mass is 276 g/mol. The van der Waals surface area contributed by atoms with Gasteiger partial charge in [0.2, 0.25) is 0 Å². The standard InChI is InChI=1S/C15H17ClN2O/c1-11-2-3-15(12(8-11)4-6-17)19-10-13-5-7-18-9-14(13)16/h2-3,5,7-9H,4,6,10,17H2,1H3. The summed E-state index contributed by atoms with van der Waals surface area (Å²) in [6, 6.07) is 7.98. The predicted molar refractivity (Wildman–Crippen MR) is 77.5 cm³/mol. The molecule has 0 aliphatic heterocycles. The van der Waals surface area contributed by atoms with Crippen LogP contribution in [0, 0.1) is 6.92 Å². The fraction of sp³-hybridized carbons (Fsp3) is 0.267. The highest BCUT2D eigenvalue weighted by molar-refractivity contribution is 6.31. The normalized spacial score (nSPS) is 10.5. The molecule has 4 heteroatoms. The van der Waals surface area contributed by atoms with Crippen LogP contribution in [0.1, 0.15) is 16.7 Å². The van der Waals surface area contributed by atoms with E-state index in [4.69, 9.17) is 22.1 Å². The summed E-state index contributed by atoms with van der Waals surface area (Å²) in [5.74, 6) is 0.865. The third kappa shape index (κ3) is 3.69. The Morgan fingerprint density at radius 3 is 2.84 bits per heavy atom. The molecule has 2 N–H and O–H groups in total. The summed E-state index contributed by atoms with van der Waals surface area (Å²) in [6.45, 7) is 3.10. The van der Waals surface area contributed by atoms with Gasteiger partial charge in [0.25, 0.3) is 0 Å². The number of ether oxygens (including phenoxy) is 1. The van der Waals surface area contributed by atoms with E-state index in [1.165, 1.54) is 5.56 Å². The summed E-state index contributed by atoms with van der Waals surface area (Å²) in [5.41, 5.74) is 8.89. The summed E-state index contributed by atoms with van der Waals surface area (Å²) >= 11 is 6.05. The maximum absolute atomic E-state index is 6.05. The van der Waals surface area contributed by atoms with Gasteiger partial charge in [-0.15, -0.1) is 0 Å². The molecule has 2 rings (SSSR count). The minimum Gasteiger partial charge on any atom is -0.489 e. The van der Waals surface area contributed by atoms with Crippen LogP contribution in [0.4, 0.5) is 0 Å². The number of hydrogen-bond donors (Lipinski definition) is 1. The van der Waals surface area contributed by atoms with Crippen molar-refractivity contribution in [3.05, 3.63) is 58.4 Å². The molecule has 0 radical (unpaired) electrons. The molecule has 0 amide bonds. The minimum absolute atomic E-state index is 0.433. The Morgan fingerprint density at radius 1 is 1.26 bits per heavy atom. The second kappa shape index (κ2) is 6.55. The van der Waals surface area contributed by atoms with Gasteiger partial charge in [-0.1, -0.05) is 29.3 Å².